The van der Waals surface area contributed by atoms with Crippen molar-refractivity contribution in [2.75, 3.05) is 14.1 Å². The van der Waals surface area contributed by atoms with Crippen LogP contribution in [0.5, 0.6) is 0 Å². The van der Waals surface area contributed by atoms with Gasteiger partial charge in [-0.25, -0.2) is 0 Å². The van der Waals surface area contributed by atoms with Crippen molar-refractivity contribution in [3.05, 3.63) is 83.6 Å². The van der Waals surface area contributed by atoms with E-state index in [0.29, 0.717) is 0 Å². The molecule has 3 nitrogen and oxygen atoms in total. The number of carbonyl (C=O) groups is 2. The summed E-state index contributed by atoms with van der Waals surface area (Å²) in [5.74, 6) is -0.295. The summed E-state index contributed by atoms with van der Waals surface area (Å²) in [5.41, 5.74) is 2.08. The lowest BCUT2D eigenvalue weighted by molar-refractivity contribution is -0.120. The molecule has 0 fully saturated rings. The van der Waals surface area contributed by atoms with Gasteiger partial charge in [0.05, 0.1) is 5.57 Å². The number of nitrogens with zero attached hydrogens (tertiary/aromatic N) is 1. The van der Waals surface area contributed by atoms with Gasteiger partial charge in [0.25, 0.3) is 0 Å². The highest BCUT2D eigenvalue weighted by Gasteiger charge is 2.19. The fourth-order valence-electron chi connectivity index (χ4n) is 2.31. The predicted molar refractivity (Wildman–Crippen MR) is 92.1 cm³/mol. The van der Waals surface area contributed by atoms with Crippen molar-refractivity contribution < 1.29 is 9.59 Å². The summed E-state index contributed by atoms with van der Waals surface area (Å²) in [7, 11) is 3.62. The lowest BCUT2D eigenvalue weighted by atomic mass is 9.97. The first-order chi connectivity index (χ1) is 11.1. The van der Waals surface area contributed by atoms with Gasteiger partial charge in [0.15, 0.2) is 11.6 Å². The molecule has 0 amide bonds. The Bertz CT molecular complexity index is 633. The van der Waals surface area contributed by atoms with Gasteiger partial charge in [0.1, 0.15) is 0 Å². The highest BCUT2D eigenvalue weighted by atomic mass is 16.1. The average molecular weight is 307 g/mol. The van der Waals surface area contributed by atoms with Crippen LogP contribution in [-0.4, -0.2) is 30.6 Å². The molecular formula is C20H21NO2. The van der Waals surface area contributed by atoms with Crippen molar-refractivity contribution in [2.45, 2.75) is 12.8 Å². The largest absolute Gasteiger partial charge is 0.383 e. The van der Waals surface area contributed by atoms with Gasteiger partial charge in [-0.2, -0.15) is 0 Å². The van der Waals surface area contributed by atoms with E-state index in [4.69, 9.17) is 0 Å². The van der Waals surface area contributed by atoms with Crippen molar-refractivity contribution in [2.24, 2.45) is 0 Å². The summed E-state index contributed by atoms with van der Waals surface area (Å²) >= 11 is 0. The Morgan fingerprint density at radius 1 is 0.783 bits per heavy atom. The molecule has 0 aliphatic carbocycles. The second kappa shape index (κ2) is 8.08. The predicted octanol–water partition coefficient (Wildman–Crippen LogP) is 3.06. The zero-order valence-corrected chi connectivity index (χ0v) is 13.5. The Balaban J connectivity index is 2.16. The SMILES string of the molecule is CN(C)C=C(C(=O)Cc1ccccc1)C(=O)Cc1ccccc1. The van der Waals surface area contributed by atoms with Gasteiger partial charge >= 0.3 is 0 Å². The van der Waals surface area contributed by atoms with E-state index in [0.717, 1.165) is 11.1 Å². The fourth-order valence-corrected chi connectivity index (χ4v) is 2.31. The van der Waals surface area contributed by atoms with E-state index in [1.807, 2.05) is 74.8 Å². The molecule has 3 heteroatoms. The maximum atomic E-state index is 12.6. The summed E-state index contributed by atoms with van der Waals surface area (Å²) in [4.78, 5) is 26.9. The molecule has 0 saturated heterocycles. The molecule has 2 aromatic carbocycles. The third-order valence-corrected chi connectivity index (χ3v) is 3.40. The number of hydrogen-bond acceptors (Lipinski definition) is 3. The summed E-state index contributed by atoms with van der Waals surface area (Å²) < 4.78 is 0. The second-order valence-corrected chi connectivity index (χ2v) is 5.68. The van der Waals surface area contributed by atoms with Gasteiger partial charge < -0.3 is 4.90 Å². The zero-order valence-electron chi connectivity index (χ0n) is 13.5. The van der Waals surface area contributed by atoms with Crippen LogP contribution in [0.25, 0.3) is 0 Å². The first kappa shape index (κ1) is 16.7. The minimum atomic E-state index is -0.147. The maximum absolute atomic E-state index is 12.6. The van der Waals surface area contributed by atoms with E-state index in [1.54, 1.807) is 11.1 Å². The van der Waals surface area contributed by atoms with Crippen LogP contribution in [0.1, 0.15) is 11.1 Å². The molecule has 23 heavy (non-hydrogen) atoms. The van der Waals surface area contributed by atoms with Gasteiger partial charge in [0.2, 0.25) is 0 Å². The van der Waals surface area contributed by atoms with E-state index in [9.17, 15) is 9.59 Å². The topological polar surface area (TPSA) is 37.4 Å². The Kier molecular flexibility index (Phi) is 5.87. The van der Waals surface area contributed by atoms with E-state index in [2.05, 4.69) is 0 Å². The van der Waals surface area contributed by atoms with Crippen molar-refractivity contribution in [1.82, 2.24) is 4.90 Å². The van der Waals surface area contributed by atoms with Crippen molar-refractivity contribution in [1.29, 1.82) is 0 Å². The van der Waals surface area contributed by atoms with Crippen LogP contribution in [0.15, 0.2) is 72.4 Å². The Morgan fingerprint density at radius 2 is 1.17 bits per heavy atom. The molecule has 0 N–H and O–H groups in total. The van der Waals surface area contributed by atoms with E-state index < -0.39 is 0 Å². The molecule has 2 aromatic rings. The first-order valence-corrected chi connectivity index (χ1v) is 7.59. The highest BCUT2D eigenvalue weighted by molar-refractivity contribution is 6.21. The average Bonchev–Trinajstić information content (AvgIpc) is 2.54. The van der Waals surface area contributed by atoms with Crippen molar-refractivity contribution in [3.63, 3.8) is 0 Å². The quantitative estimate of drug-likeness (QED) is 0.448. The van der Waals surface area contributed by atoms with Crippen LogP contribution in [0.2, 0.25) is 0 Å². The Hall–Kier alpha value is -2.68. The molecule has 0 heterocycles. The molecule has 0 spiro atoms. The molecule has 0 atom stereocenters. The van der Waals surface area contributed by atoms with Gasteiger partial charge in [-0.3, -0.25) is 9.59 Å². The van der Waals surface area contributed by atoms with Crippen LogP contribution >= 0.6 is 0 Å². The lowest BCUT2D eigenvalue weighted by Crippen LogP contribution is -2.20. The van der Waals surface area contributed by atoms with Crippen molar-refractivity contribution >= 4 is 11.6 Å². The van der Waals surface area contributed by atoms with Crippen LogP contribution in [-0.2, 0) is 22.4 Å². The van der Waals surface area contributed by atoms with Gasteiger partial charge in [-0.05, 0) is 11.1 Å². The maximum Gasteiger partial charge on any atom is 0.172 e. The molecule has 2 rings (SSSR count). The molecule has 118 valence electrons. The van der Waals surface area contributed by atoms with Gasteiger partial charge in [0, 0.05) is 33.1 Å². The number of ketones is 2. The summed E-state index contributed by atoms with van der Waals surface area (Å²) in [5, 5.41) is 0. The van der Waals surface area contributed by atoms with Gasteiger partial charge in [-0.1, -0.05) is 60.7 Å². The monoisotopic (exact) mass is 307 g/mol. The highest BCUT2D eigenvalue weighted by Crippen LogP contribution is 2.11. The Morgan fingerprint density at radius 3 is 1.52 bits per heavy atom. The second-order valence-electron chi connectivity index (χ2n) is 5.68. The molecule has 0 aromatic heterocycles. The van der Waals surface area contributed by atoms with Crippen LogP contribution in [0, 0.1) is 0 Å². The van der Waals surface area contributed by atoms with Crippen LogP contribution < -0.4 is 0 Å². The molecule has 0 unspecified atom stereocenters. The minimum absolute atomic E-state index is 0.147. The summed E-state index contributed by atoms with van der Waals surface area (Å²) in [6.45, 7) is 0. The molecular weight excluding hydrogens is 286 g/mol. The molecule has 0 saturated carbocycles. The normalized spacial score (nSPS) is 10.0. The Labute approximate surface area is 137 Å². The van der Waals surface area contributed by atoms with Crippen molar-refractivity contribution in [3.8, 4) is 0 Å². The standard InChI is InChI=1S/C20H21NO2/c1-21(2)15-18(19(22)13-16-9-5-3-6-10-16)20(23)14-17-11-7-4-8-12-17/h3-12,15H,13-14H2,1-2H3. The van der Waals surface area contributed by atoms with E-state index >= 15 is 0 Å². The molecule has 0 radical (unpaired) electrons. The van der Waals surface area contributed by atoms with Crippen LogP contribution in [0.3, 0.4) is 0 Å². The smallest absolute Gasteiger partial charge is 0.172 e. The van der Waals surface area contributed by atoms with Crippen LogP contribution in [0.4, 0.5) is 0 Å². The third kappa shape index (κ3) is 5.22. The number of rotatable bonds is 7. The number of allylic oxidation sites excluding steroid dienone is 1. The van der Waals surface area contributed by atoms with Gasteiger partial charge in [-0.15, -0.1) is 0 Å². The summed E-state index contributed by atoms with van der Waals surface area (Å²) in [6, 6.07) is 19.0. The van der Waals surface area contributed by atoms with E-state index in [-0.39, 0.29) is 30.0 Å². The third-order valence-electron chi connectivity index (χ3n) is 3.40. The first-order valence-electron chi connectivity index (χ1n) is 7.59. The number of Topliss-reactive ketones (excluding diaryl/α,β-unsaturated/α-hetero) is 2. The van der Waals surface area contributed by atoms with E-state index in [1.165, 1.54) is 0 Å². The lowest BCUT2D eigenvalue weighted by Gasteiger charge is -2.11. The number of benzene rings is 2. The number of carbonyl (C=O) groups excluding carboxylic acids is 2. The summed E-state index contributed by atoms with van der Waals surface area (Å²) in [6.07, 6.45) is 2.10. The minimum Gasteiger partial charge on any atom is -0.383 e. The molecule has 0 aliphatic rings. The zero-order chi connectivity index (χ0) is 16.7. The fraction of sp³-hybridized carbons (Fsp3) is 0.200. The number of hydrogen-bond donors (Lipinski definition) is 0. The molecule has 0 aliphatic heterocycles. The molecule has 0 bridgehead atoms.